The minimum Gasteiger partial charge on any atom is -0.321 e. The molecule has 0 spiro atoms. The van der Waals surface area contributed by atoms with Crippen molar-refractivity contribution in [2.75, 3.05) is 16.2 Å². The molecule has 0 unspecified atom stereocenters. The highest BCUT2D eigenvalue weighted by Crippen LogP contribution is 2.21. The topological polar surface area (TPSA) is 115 Å². The molecule has 4 rings (SSSR count). The Morgan fingerprint density at radius 3 is 2.15 bits per heavy atom. The van der Waals surface area contributed by atoms with Crippen LogP contribution in [0.2, 0.25) is 5.02 Å². The van der Waals surface area contributed by atoms with Gasteiger partial charge < -0.3 is 10.2 Å². The van der Waals surface area contributed by atoms with Crippen molar-refractivity contribution in [1.82, 2.24) is 4.68 Å². The number of rotatable bonds is 14. The largest absolute Gasteiger partial charge is 0.335 e. The standard InChI is InChI=1S/C35H34ClN3O6S/c1-25(40)39(45-34(43)21-18-30(41)24-46-23-28-14-8-9-15-31(28)36)38-29(22-27-12-6-3-7-13-27)17-19-32(35(38)44)37-33(42)20-16-26-10-4-2-5-11-26/h2-15,17,19H,16,18,20-24H2,1H3,(H,37,42). The van der Waals surface area contributed by atoms with Gasteiger partial charge in [0.05, 0.1) is 17.9 Å². The lowest BCUT2D eigenvalue weighted by Crippen LogP contribution is -2.48. The van der Waals surface area contributed by atoms with E-state index in [1.54, 1.807) is 12.1 Å². The van der Waals surface area contributed by atoms with Crippen molar-refractivity contribution in [3.63, 3.8) is 0 Å². The number of nitrogens with zero attached hydrogens (tertiary/aromatic N) is 2. The maximum Gasteiger partial charge on any atom is 0.335 e. The van der Waals surface area contributed by atoms with Crippen LogP contribution in [0.1, 0.15) is 48.6 Å². The Balaban J connectivity index is 1.46. The molecule has 4 aromatic rings. The Kier molecular flexibility index (Phi) is 12.7. The third kappa shape index (κ3) is 10.2. The molecule has 0 saturated carbocycles. The van der Waals surface area contributed by atoms with Crippen LogP contribution in [0, 0.1) is 0 Å². The third-order valence-electron chi connectivity index (χ3n) is 6.85. The molecule has 0 saturated heterocycles. The lowest BCUT2D eigenvalue weighted by atomic mass is 10.1. The van der Waals surface area contributed by atoms with Crippen LogP contribution in [-0.2, 0) is 42.6 Å². The van der Waals surface area contributed by atoms with Crippen molar-refractivity contribution < 1.29 is 24.0 Å². The van der Waals surface area contributed by atoms with Gasteiger partial charge in [-0.05, 0) is 41.3 Å². The number of hydrogen-bond acceptors (Lipinski definition) is 7. The van der Waals surface area contributed by atoms with Crippen LogP contribution in [0.15, 0.2) is 102 Å². The quantitative estimate of drug-likeness (QED) is 0.168. The van der Waals surface area contributed by atoms with Crippen molar-refractivity contribution in [1.29, 1.82) is 0 Å². The number of carbonyl (C=O) groups is 4. The van der Waals surface area contributed by atoms with Crippen LogP contribution in [0.5, 0.6) is 0 Å². The average molecular weight is 660 g/mol. The number of aromatic nitrogens is 1. The van der Waals surface area contributed by atoms with Gasteiger partial charge in [-0.3, -0.25) is 19.2 Å². The molecule has 0 aliphatic carbocycles. The molecule has 46 heavy (non-hydrogen) atoms. The Hall–Kier alpha value is -4.67. The van der Waals surface area contributed by atoms with Gasteiger partial charge in [-0.25, -0.2) is 4.79 Å². The predicted molar refractivity (Wildman–Crippen MR) is 180 cm³/mol. The number of thioether (sulfide) groups is 1. The summed E-state index contributed by atoms with van der Waals surface area (Å²) in [4.78, 5) is 70.0. The average Bonchev–Trinajstić information content (AvgIpc) is 3.05. The summed E-state index contributed by atoms with van der Waals surface area (Å²) in [6, 6.07) is 29.1. The normalized spacial score (nSPS) is 10.7. The minimum absolute atomic E-state index is 0.0807. The summed E-state index contributed by atoms with van der Waals surface area (Å²) in [6.45, 7) is 1.15. The smallest absolute Gasteiger partial charge is 0.321 e. The number of hydroxylamine groups is 1. The number of carbonyl (C=O) groups excluding carboxylic acids is 4. The SMILES string of the molecule is CC(=O)N(OC(=O)CCC(=O)CSCc1ccccc1Cl)n1c(Cc2ccccc2)ccc(NC(=O)CCc2ccccc2)c1=O. The summed E-state index contributed by atoms with van der Waals surface area (Å²) in [7, 11) is 0. The summed E-state index contributed by atoms with van der Waals surface area (Å²) in [6.07, 6.45) is 0.421. The van der Waals surface area contributed by atoms with Gasteiger partial charge in [0.15, 0.2) is 0 Å². The number of halogens is 1. The number of Topliss-reactive ketones (excluding diaryl/α,β-unsaturated/α-hetero) is 1. The van der Waals surface area contributed by atoms with Crippen LogP contribution in [0.4, 0.5) is 5.69 Å². The number of aryl methyl sites for hydroxylation is 1. The number of nitrogens with one attached hydrogen (secondary N) is 1. The highest BCUT2D eigenvalue weighted by atomic mass is 35.5. The highest BCUT2D eigenvalue weighted by molar-refractivity contribution is 7.99. The monoisotopic (exact) mass is 659 g/mol. The van der Waals surface area contributed by atoms with E-state index >= 15 is 0 Å². The second kappa shape index (κ2) is 17.1. The van der Waals surface area contributed by atoms with E-state index in [2.05, 4.69) is 5.32 Å². The first-order chi connectivity index (χ1) is 22.2. The number of pyridine rings is 1. The summed E-state index contributed by atoms with van der Waals surface area (Å²) >= 11 is 7.55. The molecule has 3 aromatic carbocycles. The summed E-state index contributed by atoms with van der Waals surface area (Å²) in [5.74, 6) is -1.47. The Morgan fingerprint density at radius 2 is 1.48 bits per heavy atom. The zero-order chi connectivity index (χ0) is 32.9. The van der Waals surface area contributed by atoms with Gasteiger partial charge in [0.25, 0.3) is 11.5 Å². The van der Waals surface area contributed by atoms with Gasteiger partial charge in [-0.1, -0.05) is 95.6 Å². The zero-order valence-electron chi connectivity index (χ0n) is 25.3. The van der Waals surface area contributed by atoms with Crippen LogP contribution >= 0.6 is 23.4 Å². The van der Waals surface area contributed by atoms with Gasteiger partial charge in [0.1, 0.15) is 11.5 Å². The molecule has 0 radical (unpaired) electrons. The van der Waals surface area contributed by atoms with E-state index in [1.807, 2.05) is 78.9 Å². The minimum atomic E-state index is -0.866. The third-order valence-corrected chi connectivity index (χ3v) is 8.26. The maximum absolute atomic E-state index is 13.7. The number of hydrogen-bond donors (Lipinski definition) is 1. The van der Waals surface area contributed by atoms with Crippen molar-refractivity contribution in [2.45, 2.75) is 44.8 Å². The van der Waals surface area contributed by atoms with Crippen LogP contribution in [-0.4, -0.2) is 34.0 Å². The summed E-state index contributed by atoms with van der Waals surface area (Å²) in [5.41, 5.74) is 2.23. The molecular formula is C35H34ClN3O6S. The Morgan fingerprint density at radius 1 is 0.826 bits per heavy atom. The molecule has 2 amide bonds. The Labute approximate surface area is 276 Å². The first-order valence-electron chi connectivity index (χ1n) is 14.7. The molecule has 0 fully saturated rings. The maximum atomic E-state index is 13.7. The number of anilines is 1. The predicted octanol–water partition coefficient (Wildman–Crippen LogP) is 5.89. The number of amides is 2. The Bertz CT molecular complexity index is 1730. The first kappa shape index (κ1) is 34.2. The second-order valence-corrected chi connectivity index (χ2v) is 11.8. The van der Waals surface area contributed by atoms with Gasteiger partial charge in [-0.15, -0.1) is 11.8 Å². The molecule has 9 nitrogen and oxygen atoms in total. The summed E-state index contributed by atoms with van der Waals surface area (Å²) < 4.78 is 0.946. The molecule has 1 N–H and O–H groups in total. The molecule has 1 aromatic heterocycles. The molecule has 1 heterocycles. The van der Waals surface area contributed by atoms with Gasteiger partial charge in [0, 0.05) is 37.0 Å². The highest BCUT2D eigenvalue weighted by Gasteiger charge is 2.24. The molecule has 11 heteroatoms. The summed E-state index contributed by atoms with van der Waals surface area (Å²) in [5, 5.41) is 3.83. The van der Waals surface area contributed by atoms with E-state index in [9.17, 15) is 24.0 Å². The fourth-order valence-electron chi connectivity index (χ4n) is 4.51. The van der Waals surface area contributed by atoms with Crippen LogP contribution < -0.4 is 16.0 Å². The lowest BCUT2D eigenvalue weighted by molar-refractivity contribution is -0.155. The number of ketones is 1. The molecule has 238 valence electrons. The van der Waals surface area contributed by atoms with Gasteiger partial charge in [0.2, 0.25) is 5.91 Å². The van der Waals surface area contributed by atoms with Gasteiger partial charge in [-0.2, -0.15) is 4.68 Å². The molecule has 0 bridgehead atoms. The van der Waals surface area contributed by atoms with E-state index in [4.69, 9.17) is 16.4 Å². The van der Waals surface area contributed by atoms with Crippen molar-refractivity contribution in [2.24, 2.45) is 0 Å². The number of benzene rings is 3. The molecular weight excluding hydrogens is 626 g/mol. The molecule has 0 aliphatic heterocycles. The fraction of sp³-hybridized carbons (Fsp3) is 0.229. The van der Waals surface area contributed by atoms with Crippen molar-refractivity contribution >= 4 is 52.6 Å². The van der Waals surface area contributed by atoms with Crippen LogP contribution in [0.3, 0.4) is 0 Å². The van der Waals surface area contributed by atoms with E-state index in [0.29, 0.717) is 28.1 Å². The van der Waals surface area contributed by atoms with Gasteiger partial charge >= 0.3 is 5.97 Å². The first-order valence-corrected chi connectivity index (χ1v) is 16.2. The molecule has 0 atom stereocenters. The van der Waals surface area contributed by atoms with E-state index in [0.717, 1.165) is 28.3 Å². The van der Waals surface area contributed by atoms with E-state index in [1.165, 1.54) is 17.8 Å². The van der Waals surface area contributed by atoms with E-state index in [-0.39, 0.29) is 48.8 Å². The van der Waals surface area contributed by atoms with Crippen LogP contribution in [0.25, 0.3) is 0 Å². The lowest BCUT2D eigenvalue weighted by Gasteiger charge is -2.25. The fourth-order valence-corrected chi connectivity index (χ4v) is 5.73. The zero-order valence-corrected chi connectivity index (χ0v) is 26.9. The van der Waals surface area contributed by atoms with Crippen molar-refractivity contribution in [3.8, 4) is 0 Å². The second-order valence-electron chi connectivity index (χ2n) is 10.4. The van der Waals surface area contributed by atoms with E-state index < -0.39 is 17.4 Å². The van der Waals surface area contributed by atoms with Crippen molar-refractivity contribution in [3.05, 3.63) is 135 Å². The molecule has 0 aliphatic rings.